The van der Waals surface area contributed by atoms with Gasteiger partial charge in [0, 0.05) is 19.3 Å². The van der Waals surface area contributed by atoms with Crippen LogP contribution in [0.1, 0.15) is 285 Å². The van der Waals surface area contributed by atoms with Gasteiger partial charge < -0.3 is 14.2 Å². The van der Waals surface area contributed by atoms with Crippen molar-refractivity contribution in [2.24, 2.45) is 5.92 Å². The third-order valence-electron chi connectivity index (χ3n) is 11.5. The molecule has 338 valence electrons. The predicted octanol–water partition coefficient (Wildman–Crippen LogP) is 16.3. The molecule has 6 nitrogen and oxygen atoms in total. The van der Waals surface area contributed by atoms with E-state index in [4.69, 9.17) is 14.2 Å². The number of unbranched alkanes of at least 4 members (excludes halogenated alkanes) is 33. The van der Waals surface area contributed by atoms with E-state index < -0.39 is 6.10 Å². The first kappa shape index (κ1) is 55.4. The number of carbonyl (C=O) groups excluding carboxylic acids is 3. The lowest BCUT2D eigenvalue weighted by Crippen LogP contribution is -2.30. The Bertz CT molecular complexity index is 857. The molecule has 0 bridgehead atoms. The summed E-state index contributed by atoms with van der Waals surface area (Å²) < 4.78 is 16.8. The van der Waals surface area contributed by atoms with E-state index >= 15 is 0 Å². The smallest absolute Gasteiger partial charge is 0.306 e. The Balaban J connectivity index is 4.23. The average molecular weight is 807 g/mol. The molecule has 0 spiro atoms. The van der Waals surface area contributed by atoms with E-state index in [9.17, 15) is 14.4 Å². The van der Waals surface area contributed by atoms with Crippen molar-refractivity contribution in [3.05, 3.63) is 0 Å². The van der Waals surface area contributed by atoms with Crippen molar-refractivity contribution in [2.45, 2.75) is 291 Å². The number of esters is 3. The second kappa shape index (κ2) is 45.5. The SMILES string of the molecule is CCCCCCCCCCCCCCCCCCCCC(=O)OC[C@@H](COC(=O)CCCCCCCCC(C)C)OC(=O)CCCCCCCCCCCCCC. The Labute approximate surface area is 355 Å². The van der Waals surface area contributed by atoms with Crippen molar-refractivity contribution >= 4 is 17.9 Å². The molecule has 0 N–H and O–H groups in total. The van der Waals surface area contributed by atoms with Crippen LogP contribution in [-0.4, -0.2) is 37.2 Å². The van der Waals surface area contributed by atoms with Crippen LogP contribution in [0.4, 0.5) is 0 Å². The molecule has 0 radical (unpaired) electrons. The minimum Gasteiger partial charge on any atom is -0.462 e. The molecule has 0 aliphatic rings. The molecule has 0 fully saturated rings. The van der Waals surface area contributed by atoms with Gasteiger partial charge in [0.1, 0.15) is 13.2 Å². The summed E-state index contributed by atoms with van der Waals surface area (Å²) in [5.74, 6) is -0.0884. The van der Waals surface area contributed by atoms with Crippen molar-refractivity contribution in [2.75, 3.05) is 13.2 Å². The second-order valence-corrected chi connectivity index (χ2v) is 17.9. The summed E-state index contributed by atoms with van der Waals surface area (Å²) in [4.78, 5) is 37.8. The van der Waals surface area contributed by atoms with Crippen LogP contribution in [0.3, 0.4) is 0 Å². The molecule has 0 aliphatic heterocycles. The molecule has 6 heteroatoms. The number of ether oxygens (including phenoxy) is 3. The third-order valence-corrected chi connectivity index (χ3v) is 11.5. The van der Waals surface area contributed by atoms with Crippen LogP contribution in [0.2, 0.25) is 0 Å². The Kier molecular flexibility index (Phi) is 44.2. The maximum Gasteiger partial charge on any atom is 0.306 e. The van der Waals surface area contributed by atoms with Gasteiger partial charge in [-0.25, -0.2) is 0 Å². The lowest BCUT2D eigenvalue weighted by Gasteiger charge is -2.18. The van der Waals surface area contributed by atoms with Crippen molar-refractivity contribution in [3.63, 3.8) is 0 Å². The molecular weight excluding hydrogens is 709 g/mol. The Morgan fingerprint density at radius 3 is 0.860 bits per heavy atom. The van der Waals surface area contributed by atoms with Gasteiger partial charge in [-0.1, -0.05) is 246 Å². The van der Waals surface area contributed by atoms with Crippen LogP contribution in [0.5, 0.6) is 0 Å². The Hall–Kier alpha value is -1.59. The van der Waals surface area contributed by atoms with E-state index in [0.717, 1.165) is 63.7 Å². The van der Waals surface area contributed by atoms with Crippen LogP contribution >= 0.6 is 0 Å². The minimum absolute atomic E-state index is 0.0638. The van der Waals surface area contributed by atoms with Gasteiger partial charge >= 0.3 is 17.9 Å². The van der Waals surface area contributed by atoms with Gasteiger partial charge in [0.15, 0.2) is 6.10 Å². The minimum atomic E-state index is -0.760. The quantitative estimate of drug-likeness (QED) is 0.0346. The number of carbonyl (C=O) groups is 3. The first-order valence-electron chi connectivity index (χ1n) is 25.4. The summed E-state index contributed by atoms with van der Waals surface area (Å²) in [5.41, 5.74) is 0. The van der Waals surface area contributed by atoms with E-state index in [-0.39, 0.29) is 31.1 Å². The molecule has 1 atom stereocenters. The van der Waals surface area contributed by atoms with Crippen molar-refractivity contribution in [3.8, 4) is 0 Å². The maximum absolute atomic E-state index is 12.7. The molecule has 0 heterocycles. The van der Waals surface area contributed by atoms with Gasteiger partial charge in [-0.15, -0.1) is 0 Å². The summed E-state index contributed by atoms with van der Waals surface area (Å²) in [5, 5.41) is 0. The van der Waals surface area contributed by atoms with E-state index in [0.29, 0.717) is 19.3 Å². The number of rotatable bonds is 46. The molecule has 0 unspecified atom stereocenters. The number of hydrogen-bond donors (Lipinski definition) is 0. The Morgan fingerprint density at radius 2 is 0.579 bits per heavy atom. The van der Waals surface area contributed by atoms with Gasteiger partial charge in [0.2, 0.25) is 0 Å². The lowest BCUT2D eigenvalue weighted by atomic mass is 10.0. The highest BCUT2D eigenvalue weighted by Crippen LogP contribution is 2.17. The summed E-state index contributed by atoms with van der Waals surface area (Å²) in [6, 6.07) is 0. The van der Waals surface area contributed by atoms with Crippen molar-refractivity contribution in [1.82, 2.24) is 0 Å². The van der Waals surface area contributed by atoms with Crippen LogP contribution in [0.15, 0.2) is 0 Å². The van der Waals surface area contributed by atoms with E-state index in [1.54, 1.807) is 0 Å². The van der Waals surface area contributed by atoms with Crippen LogP contribution in [-0.2, 0) is 28.6 Å². The summed E-state index contributed by atoms with van der Waals surface area (Å²) in [7, 11) is 0. The lowest BCUT2D eigenvalue weighted by molar-refractivity contribution is -0.167. The molecule has 0 aliphatic carbocycles. The highest BCUT2D eigenvalue weighted by Gasteiger charge is 2.19. The zero-order chi connectivity index (χ0) is 41.7. The van der Waals surface area contributed by atoms with Gasteiger partial charge in [-0.3, -0.25) is 14.4 Å². The van der Waals surface area contributed by atoms with E-state index in [2.05, 4.69) is 27.7 Å². The normalized spacial score (nSPS) is 11.9. The fraction of sp³-hybridized carbons (Fsp3) is 0.941. The van der Waals surface area contributed by atoms with Gasteiger partial charge in [0.05, 0.1) is 0 Å². The van der Waals surface area contributed by atoms with Crippen LogP contribution in [0.25, 0.3) is 0 Å². The predicted molar refractivity (Wildman–Crippen MR) is 243 cm³/mol. The van der Waals surface area contributed by atoms with Crippen LogP contribution < -0.4 is 0 Å². The summed E-state index contributed by atoms with van der Waals surface area (Å²) in [6.45, 7) is 8.95. The fourth-order valence-corrected chi connectivity index (χ4v) is 7.69. The summed E-state index contributed by atoms with van der Waals surface area (Å²) in [6.07, 6.45) is 46.7. The van der Waals surface area contributed by atoms with Gasteiger partial charge in [0.25, 0.3) is 0 Å². The molecule has 0 aromatic heterocycles. The topological polar surface area (TPSA) is 78.9 Å². The first-order valence-corrected chi connectivity index (χ1v) is 25.4. The highest BCUT2D eigenvalue weighted by molar-refractivity contribution is 5.71. The average Bonchev–Trinajstić information content (AvgIpc) is 3.19. The standard InChI is InChI=1S/C51H98O6/c1-5-7-9-11-13-15-17-19-20-21-22-23-24-26-27-29-34-38-42-49(52)55-45-48(46-56-50(53)43-39-35-32-31-33-37-41-47(3)4)57-51(54)44-40-36-30-28-25-18-16-14-12-10-8-6-2/h47-48H,5-46H2,1-4H3/t48-/m0/s1. The molecule has 0 rings (SSSR count). The monoisotopic (exact) mass is 807 g/mol. The third kappa shape index (κ3) is 45.3. The fourth-order valence-electron chi connectivity index (χ4n) is 7.69. The first-order chi connectivity index (χ1) is 27.9. The van der Waals surface area contributed by atoms with Crippen LogP contribution in [0, 0.1) is 5.92 Å². The highest BCUT2D eigenvalue weighted by atomic mass is 16.6. The van der Waals surface area contributed by atoms with Gasteiger partial charge in [-0.05, 0) is 25.2 Å². The molecule has 0 saturated heterocycles. The zero-order valence-electron chi connectivity index (χ0n) is 38.8. The van der Waals surface area contributed by atoms with Crippen molar-refractivity contribution in [1.29, 1.82) is 0 Å². The molecule has 57 heavy (non-hydrogen) atoms. The summed E-state index contributed by atoms with van der Waals surface area (Å²) >= 11 is 0. The number of hydrogen-bond acceptors (Lipinski definition) is 6. The molecule has 0 aromatic rings. The molecule has 0 aromatic carbocycles. The largest absolute Gasteiger partial charge is 0.462 e. The Morgan fingerprint density at radius 1 is 0.333 bits per heavy atom. The van der Waals surface area contributed by atoms with E-state index in [1.807, 2.05) is 0 Å². The van der Waals surface area contributed by atoms with Crippen molar-refractivity contribution < 1.29 is 28.6 Å². The zero-order valence-corrected chi connectivity index (χ0v) is 38.8. The maximum atomic E-state index is 12.7. The van der Waals surface area contributed by atoms with Gasteiger partial charge in [-0.2, -0.15) is 0 Å². The van der Waals surface area contributed by atoms with E-state index in [1.165, 1.54) is 180 Å². The molecular formula is C51H98O6. The second-order valence-electron chi connectivity index (χ2n) is 17.9. The molecule has 0 saturated carbocycles. The molecule has 0 amide bonds.